The Balaban J connectivity index is 2.05. The summed E-state index contributed by atoms with van der Waals surface area (Å²) >= 11 is 7.90. The van der Waals surface area contributed by atoms with Crippen LogP contribution < -0.4 is 0 Å². The summed E-state index contributed by atoms with van der Waals surface area (Å²) in [5.74, 6) is 2.17. The SMILES string of the molecule is COC[C@@H](O)CN1CCSC[C@@H]1c1ccc(Cl)cc1. The van der Waals surface area contributed by atoms with Crippen LogP contribution in [0.4, 0.5) is 0 Å². The average molecular weight is 302 g/mol. The summed E-state index contributed by atoms with van der Waals surface area (Å²) < 4.78 is 5.00. The molecule has 0 aromatic heterocycles. The first-order chi connectivity index (χ1) is 9.20. The minimum Gasteiger partial charge on any atom is -0.389 e. The summed E-state index contributed by atoms with van der Waals surface area (Å²) in [6, 6.07) is 8.37. The number of β-amino-alcohol motifs (C(OH)–C–C–N with tert-alkyl or cyclic N) is 1. The number of aliphatic hydroxyl groups excluding tert-OH is 1. The predicted molar refractivity (Wildman–Crippen MR) is 81.0 cm³/mol. The van der Waals surface area contributed by atoms with Crippen LogP contribution in [-0.2, 0) is 4.74 Å². The monoisotopic (exact) mass is 301 g/mol. The Morgan fingerprint density at radius 1 is 1.47 bits per heavy atom. The number of hydrogen-bond donors (Lipinski definition) is 1. The summed E-state index contributed by atoms with van der Waals surface area (Å²) in [4.78, 5) is 2.34. The number of nitrogens with zero attached hydrogens (tertiary/aromatic N) is 1. The number of rotatable bonds is 5. The summed E-state index contributed by atoms with van der Waals surface area (Å²) in [5, 5.41) is 10.7. The van der Waals surface area contributed by atoms with Crippen LogP contribution in [0.1, 0.15) is 11.6 Å². The van der Waals surface area contributed by atoms with Crippen molar-refractivity contribution in [2.45, 2.75) is 12.1 Å². The molecule has 2 rings (SSSR count). The van der Waals surface area contributed by atoms with Gasteiger partial charge in [-0.1, -0.05) is 23.7 Å². The van der Waals surface area contributed by atoms with E-state index in [0.29, 0.717) is 19.2 Å². The number of benzene rings is 1. The fourth-order valence-corrected chi connectivity index (χ4v) is 3.65. The first-order valence-corrected chi connectivity index (χ1v) is 7.98. The fourth-order valence-electron chi connectivity index (χ4n) is 2.36. The van der Waals surface area contributed by atoms with E-state index >= 15 is 0 Å². The van der Waals surface area contributed by atoms with Gasteiger partial charge in [0.25, 0.3) is 0 Å². The minimum atomic E-state index is -0.428. The molecule has 1 saturated heterocycles. The Labute approximate surface area is 123 Å². The topological polar surface area (TPSA) is 32.7 Å². The Hall–Kier alpha value is -0.260. The molecule has 3 nitrogen and oxygen atoms in total. The molecule has 1 aromatic carbocycles. The van der Waals surface area contributed by atoms with Crippen molar-refractivity contribution >= 4 is 23.4 Å². The zero-order valence-electron chi connectivity index (χ0n) is 11.1. The molecule has 1 aromatic rings. The highest BCUT2D eigenvalue weighted by atomic mass is 35.5. The maximum absolute atomic E-state index is 9.92. The summed E-state index contributed by atoms with van der Waals surface area (Å²) in [5.41, 5.74) is 1.27. The molecule has 0 spiro atoms. The standard InChI is InChI=1S/C14H20ClNO2S/c1-18-9-13(17)8-16-6-7-19-10-14(16)11-2-4-12(15)5-3-11/h2-5,13-14,17H,6-10H2,1H3/t13-,14+/m0/s1. The van der Waals surface area contributed by atoms with Crippen LogP contribution in [0.5, 0.6) is 0 Å². The first-order valence-electron chi connectivity index (χ1n) is 6.45. The van der Waals surface area contributed by atoms with Crippen molar-refractivity contribution in [3.63, 3.8) is 0 Å². The van der Waals surface area contributed by atoms with E-state index in [1.54, 1.807) is 7.11 Å². The van der Waals surface area contributed by atoms with E-state index in [2.05, 4.69) is 17.0 Å². The molecule has 1 heterocycles. The molecule has 0 amide bonds. The molecule has 1 fully saturated rings. The number of thioether (sulfide) groups is 1. The molecule has 0 unspecified atom stereocenters. The normalized spacial score (nSPS) is 22.4. The van der Waals surface area contributed by atoms with Gasteiger partial charge in [0, 0.05) is 42.8 Å². The third-order valence-electron chi connectivity index (χ3n) is 3.30. The van der Waals surface area contributed by atoms with Crippen molar-refractivity contribution in [1.82, 2.24) is 4.90 Å². The molecule has 1 aliphatic rings. The smallest absolute Gasteiger partial charge is 0.0900 e. The van der Waals surface area contributed by atoms with Crippen LogP contribution in [-0.4, -0.2) is 54.4 Å². The van der Waals surface area contributed by atoms with Gasteiger partial charge in [0.05, 0.1) is 12.7 Å². The van der Waals surface area contributed by atoms with Crippen LogP contribution in [0, 0.1) is 0 Å². The molecule has 5 heteroatoms. The molecule has 106 valence electrons. The van der Waals surface area contributed by atoms with E-state index in [1.165, 1.54) is 5.56 Å². The van der Waals surface area contributed by atoms with Crippen LogP contribution in [0.3, 0.4) is 0 Å². The summed E-state index contributed by atoms with van der Waals surface area (Å²) in [6.45, 7) is 2.04. The second-order valence-electron chi connectivity index (χ2n) is 4.75. The lowest BCUT2D eigenvalue weighted by atomic mass is 10.1. The van der Waals surface area contributed by atoms with E-state index in [4.69, 9.17) is 16.3 Å². The molecule has 0 saturated carbocycles. The minimum absolute atomic E-state index is 0.350. The third-order valence-corrected chi connectivity index (χ3v) is 4.57. The van der Waals surface area contributed by atoms with Crippen LogP contribution in [0.25, 0.3) is 0 Å². The summed E-state index contributed by atoms with van der Waals surface area (Å²) in [6.07, 6.45) is -0.428. The van der Waals surface area contributed by atoms with Crippen molar-refractivity contribution in [2.24, 2.45) is 0 Å². The number of halogens is 1. The van der Waals surface area contributed by atoms with E-state index in [0.717, 1.165) is 23.1 Å². The number of methoxy groups -OCH3 is 1. The van der Waals surface area contributed by atoms with E-state index < -0.39 is 6.10 Å². The molecule has 19 heavy (non-hydrogen) atoms. The highest BCUT2D eigenvalue weighted by molar-refractivity contribution is 7.99. The lowest BCUT2D eigenvalue weighted by Crippen LogP contribution is -2.42. The highest BCUT2D eigenvalue weighted by Gasteiger charge is 2.25. The third kappa shape index (κ3) is 4.36. The van der Waals surface area contributed by atoms with Crippen molar-refractivity contribution in [2.75, 3.05) is 38.3 Å². The van der Waals surface area contributed by atoms with Gasteiger partial charge in [-0.15, -0.1) is 0 Å². The predicted octanol–water partition coefficient (Wildman–Crippen LogP) is 2.44. The van der Waals surface area contributed by atoms with Gasteiger partial charge < -0.3 is 9.84 Å². The van der Waals surface area contributed by atoms with Gasteiger partial charge in [0.2, 0.25) is 0 Å². The van der Waals surface area contributed by atoms with Crippen LogP contribution >= 0.6 is 23.4 Å². The number of hydrogen-bond acceptors (Lipinski definition) is 4. The van der Waals surface area contributed by atoms with Gasteiger partial charge in [-0.2, -0.15) is 11.8 Å². The first kappa shape index (κ1) is 15.1. The average Bonchev–Trinajstić information content (AvgIpc) is 2.41. The largest absolute Gasteiger partial charge is 0.389 e. The molecule has 2 atom stereocenters. The van der Waals surface area contributed by atoms with Gasteiger partial charge in [0.15, 0.2) is 0 Å². The molecule has 1 N–H and O–H groups in total. The number of ether oxygens (including phenoxy) is 1. The Morgan fingerprint density at radius 2 is 2.21 bits per heavy atom. The van der Waals surface area contributed by atoms with E-state index in [1.807, 2.05) is 23.9 Å². The second-order valence-corrected chi connectivity index (χ2v) is 6.33. The van der Waals surface area contributed by atoms with E-state index in [-0.39, 0.29) is 0 Å². The van der Waals surface area contributed by atoms with Crippen molar-refractivity contribution in [1.29, 1.82) is 0 Å². The second kappa shape index (κ2) is 7.50. The molecule has 0 radical (unpaired) electrons. The zero-order valence-corrected chi connectivity index (χ0v) is 12.7. The maximum Gasteiger partial charge on any atom is 0.0900 e. The lowest BCUT2D eigenvalue weighted by Gasteiger charge is -2.36. The summed E-state index contributed by atoms with van der Waals surface area (Å²) in [7, 11) is 1.62. The zero-order chi connectivity index (χ0) is 13.7. The Kier molecular flexibility index (Phi) is 5.98. The van der Waals surface area contributed by atoms with Crippen molar-refractivity contribution in [3.8, 4) is 0 Å². The molecule has 0 aliphatic carbocycles. The van der Waals surface area contributed by atoms with E-state index in [9.17, 15) is 5.11 Å². The molecule has 0 bridgehead atoms. The molecular weight excluding hydrogens is 282 g/mol. The molecule has 1 aliphatic heterocycles. The highest BCUT2D eigenvalue weighted by Crippen LogP contribution is 2.30. The van der Waals surface area contributed by atoms with Crippen LogP contribution in [0.15, 0.2) is 24.3 Å². The fraction of sp³-hybridized carbons (Fsp3) is 0.571. The molecular formula is C14H20ClNO2S. The van der Waals surface area contributed by atoms with Gasteiger partial charge in [0.1, 0.15) is 0 Å². The van der Waals surface area contributed by atoms with Crippen molar-refractivity contribution in [3.05, 3.63) is 34.9 Å². The quantitative estimate of drug-likeness (QED) is 0.905. The van der Waals surface area contributed by atoms with Gasteiger partial charge in [-0.05, 0) is 17.7 Å². The number of aliphatic hydroxyl groups is 1. The van der Waals surface area contributed by atoms with Gasteiger partial charge >= 0.3 is 0 Å². The van der Waals surface area contributed by atoms with Crippen molar-refractivity contribution < 1.29 is 9.84 Å². The van der Waals surface area contributed by atoms with Gasteiger partial charge in [-0.3, -0.25) is 4.90 Å². The lowest BCUT2D eigenvalue weighted by molar-refractivity contribution is 0.0297. The van der Waals surface area contributed by atoms with Crippen LogP contribution in [0.2, 0.25) is 5.02 Å². The maximum atomic E-state index is 9.92. The Bertz CT molecular complexity index is 388. The Morgan fingerprint density at radius 3 is 2.89 bits per heavy atom. The van der Waals surface area contributed by atoms with Gasteiger partial charge in [-0.25, -0.2) is 0 Å².